The highest BCUT2D eigenvalue weighted by Gasteiger charge is 2.25. The fourth-order valence-corrected chi connectivity index (χ4v) is 3.15. The van der Waals surface area contributed by atoms with Gasteiger partial charge >= 0.3 is 7.60 Å². The van der Waals surface area contributed by atoms with Crippen LogP contribution < -0.4 is 9.05 Å². The van der Waals surface area contributed by atoms with Crippen LogP contribution in [0.4, 0.5) is 0 Å². The molecule has 0 radical (unpaired) electrons. The quantitative estimate of drug-likeness (QED) is 0.477. The molecule has 0 unspecified atom stereocenters. The summed E-state index contributed by atoms with van der Waals surface area (Å²) >= 11 is 0. The van der Waals surface area contributed by atoms with Crippen LogP contribution in [0, 0.1) is 11.6 Å². The highest BCUT2D eigenvalue weighted by molar-refractivity contribution is 7.60. The number of rotatable bonds is 4. The van der Waals surface area contributed by atoms with Gasteiger partial charge in [0, 0.05) is 5.56 Å². The van der Waals surface area contributed by atoms with E-state index in [0.29, 0.717) is 11.5 Å². The Balaban J connectivity index is 1.91. The van der Waals surface area contributed by atoms with Gasteiger partial charge in [0.1, 0.15) is 11.5 Å². The zero-order valence-electron chi connectivity index (χ0n) is 12.8. The average Bonchev–Trinajstić information content (AvgIpc) is 2.63. The van der Waals surface area contributed by atoms with Crippen molar-refractivity contribution < 1.29 is 13.6 Å². The van der Waals surface area contributed by atoms with Crippen LogP contribution in [0.3, 0.4) is 0 Å². The van der Waals surface area contributed by atoms with Gasteiger partial charge in [0.2, 0.25) is 0 Å². The Morgan fingerprint density at radius 2 is 1.04 bits per heavy atom. The van der Waals surface area contributed by atoms with Gasteiger partial charge in [-0.15, -0.1) is 0 Å². The smallest absolute Gasteiger partial charge is 0.407 e. The van der Waals surface area contributed by atoms with Gasteiger partial charge in [0.15, 0.2) is 0 Å². The lowest BCUT2D eigenvalue weighted by Crippen LogP contribution is -1.99. The Kier molecular flexibility index (Phi) is 5.01. The molecule has 0 bridgehead atoms. The number of hydrogen-bond acceptors (Lipinski definition) is 3. The van der Waals surface area contributed by atoms with Crippen molar-refractivity contribution in [3.8, 4) is 23.1 Å². The Hall–Kier alpha value is -2.95. The molecule has 3 nitrogen and oxygen atoms in total. The molecule has 3 rings (SSSR count). The van der Waals surface area contributed by atoms with Gasteiger partial charge in [0.05, 0.1) is 5.66 Å². The maximum absolute atomic E-state index is 13.1. The van der Waals surface area contributed by atoms with Gasteiger partial charge in [-0.25, -0.2) is 4.57 Å². The highest BCUT2D eigenvalue weighted by atomic mass is 31.2. The fourth-order valence-electron chi connectivity index (χ4n) is 1.96. The molecule has 0 saturated heterocycles. The molecule has 0 amide bonds. The van der Waals surface area contributed by atoms with Crippen LogP contribution >= 0.6 is 7.60 Å². The third-order valence-corrected chi connectivity index (χ3v) is 4.34. The second kappa shape index (κ2) is 7.55. The summed E-state index contributed by atoms with van der Waals surface area (Å²) in [6.07, 6.45) is 0. The van der Waals surface area contributed by atoms with Crippen LogP contribution in [-0.2, 0) is 4.57 Å². The summed E-state index contributed by atoms with van der Waals surface area (Å²) in [5.41, 5.74) is 3.41. The summed E-state index contributed by atoms with van der Waals surface area (Å²) in [5.74, 6) is 3.75. The van der Waals surface area contributed by atoms with E-state index < -0.39 is 7.60 Å². The van der Waals surface area contributed by atoms with Crippen molar-refractivity contribution in [3.05, 3.63) is 96.6 Å². The Morgan fingerprint density at radius 3 is 1.50 bits per heavy atom. The highest BCUT2D eigenvalue weighted by Crippen LogP contribution is 2.47. The predicted molar refractivity (Wildman–Crippen MR) is 95.1 cm³/mol. The largest absolute Gasteiger partial charge is 0.509 e. The minimum Gasteiger partial charge on any atom is -0.407 e. The molecule has 118 valence electrons. The van der Waals surface area contributed by atoms with Crippen LogP contribution in [-0.4, -0.2) is 0 Å². The van der Waals surface area contributed by atoms with E-state index in [1.165, 1.54) is 0 Å². The van der Waals surface area contributed by atoms with Crippen molar-refractivity contribution >= 4 is 7.60 Å². The molecule has 3 aromatic rings. The van der Waals surface area contributed by atoms with Crippen LogP contribution in [0.1, 0.15) is 5.56 Å². The first-order valence-electron chi connectivity index (χ1n) is 7.41. The molecule has 0 fully saturated rings. The molecule has 0 saturated carbocycles. The lowest BCUT2D eigenvalue weighted by molar-refractivity contribution is 0.400. The van der Waals surface area contributed by atoms with Crippen molar-refractivity contribution in [1.29, 1.82) is 0 Å². The number of hydrogen-bond donors (Lipinski definition) is 0. The maximum atomic E-state index is 13.1. The molecule has 0 aliphatic heterocycles. The first-order chi connectivity index (χ1) is 11.7. The summed E-state index contributed by atoms with van der Waals surface area (Å²) in [4.78, 5) is 0. The molecule has 0 heterocycles. The molecule has 0 aromatic heterocycles. The molecule has 24 heavy (non-hydrogen) atoms. The van der Waals surface area contributed by atoms with Gasteiger partial charge in [-0.2, -0.15) is 0 Å². The van der Waals surface area contributed by atoms with E-state index in [4.69, 9.17) is 9.05 Å². The van der Waals surface area contributed by atoms with E-state index in [-0.39, 0.29) is 0 Å². The van der Waals surface area contributed by atoms with Crippen molar-refractivity contribution in [2.24, 2.45) is 0 Å². The van der Waals surface area contributed by atoms with Crippen molar-refractivity contribution in [2.45, 2.75) is 0 Å². The number of benzene rings is 3. The molecule has 0 N–H and O–H groups in total. The van der Waals surface area contributed by atoms with Crippen molar-refractivity contribution in [3.63, 3.8) is 0 Å². The van der Waals surface area contributed by atoms with E-state index in [1.807, 2.05) is 42.5 Å². The molecule has 0 aliphatic carbocycles. The molecule has 0 aliphatic rings. The summed E-state index contributed by atoms with van der Waals surface area (Å²) < 4.78 is 24.3. The van der Waals surface area contributed by atoms with E-state index in [9.17, 15) is 4.57 Å². The lowest BCUT2D eigenvalue weighted by Gasteiger charge is -2.14. The van der Waals surface area contributed by atoms with Crippen LogP contribution in [0.15, 0.2) is 91.0 Å². The first-order valence-corrected chi connectivity index (χ1v) is 8.95. The van der Waals surface area contributed by atoms with Crippen LogP contribution in [0.25, 0.3) is 0 Å². The van der Waals surface area contributed by atoms with E-state index in [2.05, 4.69) is 11.6 Å². The topological polar surface area (TPSA) is 35.5 Å². The third-order valence-electron chi connectivity index (χ3n) is 3.05. The van der Waals surface area contributed by atoms with Gasteiger partial charge in [-0.1, -0.05) is 60.5 Å². The zero-order valence-corrected chi connectivity index (χ0v) is 13.7. The Morgan fingerprint density at radius 1 is 0.625 bits per heavy atom. The molecule has 3 aromatic carbocycles. The Bertz CT molecular complexity index is 836. The molecule has 4 heteroatoms. The fraction of sp³-hybridized carbons (Fsp3) is 0. The van der Waals surface area contributed by atoms with Crippen LogP contribution in [0.5, 0.6) is 11.5 Å². The first kappa shape index (κ1) is 15.9. The molecule has 0 spiro atoms. The van der Waals surface area contributed by atoms with E-state index in [0.717, 1.165) is 5.56 Å². The second-order valence-electron chi connectivity index (χ2n) is 4.91. The van der Waals surface area contributed by atoms with Gasteiger partial charge in [0.25, 0.3) is 0 Å². The van der Waals surface area contributed by atoms with Crippen molar-refractivity contribution in [1.82, 2.24) is 0 Å². The third kappa shape index (κ3) is 4.52. The standard InChI is InChI=1S/C20H15O3P/c21-24(22-19-12-6-2-7-13-19,23-20-14-8-3-9-15-20)17-16-18-10-4-1-5-11-18/h1-15H. The Labute approximate surface area is 141 Å². The summed E-state index contributed by atoms with van der Waals surface area (Å²) in [6.45, 7) is 0. The van der Waals surface area contributed by atoms with Crippen molar-refractivity contribution in [2.75, 3.05) is 0 Å². The summed E-state index contributed by atoms with van der Waals surface area (Å²) in [7, 11) is -3.69. The SMILES string of the molecule is O=P(C#Cc1ccccc1)(Oc1ccccc1)Oc1ccccc1. The monoisotopic (exact) mass is 334 g/mol. The number of para-hydroxylation sites is 2. The zero-order chi connectivity index (χ0) is 16.7. The summed E-state index contributed by atoms with van der Waals surface area (Å²) in [6, 6.07) is 27.1. The summed E-state index contributed by atoms with van der Waals surface area (Å²) in [5, 5.41) is 0. The lowest BCUT2D eigenvalue weighted by atomic mass is 10.2. The molecule has 0 atom stereocenters. The average molecular weight is 334 g/mol. The normalized spacial score (nSPS) is 10.3. The van der Waals surface area contributed by atoms with Gasteiger partial charge < -0.3 is 9.05 Å². The maximum Gasteiger partial charge on any atom is 0.509 e. The minimum atomic E-state index is -3.69. The van der Waals surface area contributed by atoms with E-state index >= 15 is 0 Å². The van der Waals surface area contributed by atoms with E-state index in [1.54, 1.807) is 48.5 Å². The second-order valence-corrected chi connectivity index (χ2v) is 6.49. The molecular formula is C20H15O3P. The minimum absolute atomic E-state index is 0.444. The molecular weight excluding hydrogens is 319 g/mol. The van der Waals surface area contributed by atoms with Gasteiger partial charge in [-0.05, 0) is 36.4 Å². The van der Waals surface area contributed by atoms with Crippen LogP contribution in [0.2, 0.25) is 0 Å². The van der Waals surface area contributed by atoms with Gasteiger partial charge in [-0.3, -0.25) is 0 Å². The predicted octanol–water partition coefficient (Wildman–Crippen LogP) is 5.35.